The molecule has 2 aromatic rings. The molecule has 0 spiro atoms. The summed E-state index contributed by atoms with van der Waals surface area (Å²) in [6.45, 7) is 2.03. The number of likely N-dealkylation sites (tertiary alicyclic amines) is 1. The number of hydrogen-bond donors (Lipinski definition) is 1. The Kier molecular flexibility index (Phi) is 5.79. The van der Waals surface area contributed by atoms with Crippen LogP contribution in [0.25, 0.3) is 0 Å². The molecule has 154 valence electrons. The first-order valence-electron chi connectivity index (χ1n) is 10.5. The lowest BCUT2D eigenvalue weighted by molar-refractivity contribution is -0.147. The van der Waals surface area contributed by atoms with Gasteiger partial charge in [0.05, 0.1) is 11.8 Å². The maximum atomic E-state index is 12.9. The quantitative estimate of drug-likeness (QED) is 0.596. The molecule has 0 bridgehead atoms. The summed E-state index contributed by atoms with van der Waals surface area (Å²) in [6.07, 6.45) is 5.05. The van der Waals surface area contributed by atoms with E-state index in [2.05, 4.69) is 5.32 Å². The van der Waals surface area contributed by atoms with Crippen LogP contribution in [0, 0.1) is 11.8 Å². The minimum absolute atomic E-state index is 0.0136. The van der Waals surface area contributed by atoms with E-state index in [0.29, 0.717) is 19.4 Å². The van der Waals surface area contributed by atoms with Gasteiger partial charge in [-0.25, -0.2) is 0 Å². The summed E-state index contributed by atoms with van der Waals surface area (Å²) in [5, 5.41) is 2.98. The third kappa shape index (κ3) is 3.80. The van der Waals surface area contributed by atoms with Gasteiger partial charge in [0.25, 0.3) is 0 Å². The van der Waals surface area contributed by atoms with Crippen LogP contribution in [-0.2, 0) is 14.4 Å². The molecule has 2 aromatic carbocycles. The molecule has 1 fully saturated rings. The zero-order valence-corrected chi connectivity index (χ0v) is 17.0. The van der Waals surface area contributed by atoms with E-state index in [1.165, 1.54) is 4.90 Å². The number of nitrogens with one attached hydrogen (secondary N) is 1. The zero-order valence-electron chi connectivity index (χ0n) is 17.0. The molecule has 1 heterocycles. The molecule has 1 aliphatic carbocycles. The summed E-state index contributed by atoms with van der Waals surface area (Å²) in [7, 11) is 0. The lowest BCUT2D eigenvalue weighted by Gasteiger charge is -2.24. The highest BCUT2D eigenvalue weighted by molar-refractivity contribution is 6.08. The van der Waals surface area contributed by atoms with Gasteiger partial charge in [-0.05, 0) is 30.9 Å². The van der Waals surface area contributed by atoms with E-state index in [4.69, 9.17) is 0 Å². The Hall–Kier alpha value is -3.21. The minimum atomic E-state index is -0.817. The first-order chi connectivity index (χ1) is 14.6. The number of carbonyl (C=O) groups excluding carboxylic acids is 3. The molecular formula is C25H26N2O3. The summed E-state index contributed by atoms with van der Waals surface area (Å²) in [4.78, 5) is 39.6. The van der Waals surface area contributed by atoms with Gasteiger partial charge in [-0.15, -0.1) is 0 Å². The van der Waals surface area contributed by atoms with E-state index in [-0.39, 0.29) is 35.5 Å². The summed E-state index contributed by atoms with van der Waals surface area (Å²) in [5.74, 6) is -1.40. The van der Waals surface area contributed by atoms with Gasteiger partial charge < -0.3 is 5.32 Å². The van der Waals surface area contributed by atoms with Crippen LogP contribution in [0.15, 0.2) is 72.8 Å². The summed E-state index contributed by atoms with van der Waals surface area (Å²) < 4.78 is 0. The second kappa shape index (κ2) is 8.66. The largest absolute Gasteiger partial charge is 0.353 e. The van der Waals surface area contributed by atoms with Gasteiger partial charge >= 0.3 is 0 Å². The molecular weight excluding hydrogens is 376 g/mol. The van der Waals surface area contributed by atoms with Crippen LogP contribution in [0.1, 0.15) is 36.8 Å². The lowest BCUT2D eigenvalue weighted by Crippen LogP contribution is -2.49. The lowest BCUT2D eigenvalue weighted by atomic mass is 9.85. The van der Waals surface area contributed by atoms with Gasteiger partial charge in [0.1, 0.15) is 6.04 Å². The van der Waals surface area contributed by atoms with Gasteiger partial charge in [0.15, 0.2) is 0 Å². The Bertz CT molecular complexity index is 889. The Balaban J connectivity index is 1.47. The maximum Gasteiger partial charge on any atom is 0.243 e. The number of allylic oxidation sites excluding steroid dienone is 2. The fourth-order valence-corrected chi connectivity index (χ4v) is 4.47. The highest BCUT2D eigenvalue weighted by Crippen LogP contribution is 2.36. The number of hydrogen-bond acceptors (Lipinski definition) is 3. The summed E-state index contributed by atoms with van der Waals surface area (Å²) in [6, 6.07) is 19.2. The van der Waals surface area contributed by atoms with E-state index in [1.54, 1.807) is 6.92 Å². The predicted molar refractivity (Wildman–Crippen MR) is 114 cm³/mol. The molecule has 0 unspecified atom stereocenters. The van der Waals surface area contributed by atoms with Crippen molar-refractivity contribution in [2.75, 3.05) is 6.54 Å². The van der Waals surface area contributed by atoms with Crippen LogP contribution in [0.2, 0.25) is 0 Å². The van der Waals surface area contributed by atoms with Crippen LogP contribution in [0.4, 0.5) is 0 Å². The van der Waals surface area contributed by atoms with Crippen molar-refractivity contribution in [1.82, 2.24) is 10.2 Å². The van der Waals surface area contributed by atoms with Crippen molar-refractivity contribution < 1.29 is 14.4 Å². The second-order valence-corrected chi connectivity index (χ2v) is 8.00. The van der Waals surface area contributed by atoms with E-state index < -0.39 is 6.04 Å². The Morgan fingerprint density at radius 3 is 1.83 bits per heavy atom. The average molecular weight is 402 g/mol. The molecule has 1 N–H and O–H groups in total. The van der Waals surface area contributed by atoms with Crippen LogP contribution in [0.3, 0.4) is 0 Å². The van der Waals surface area contributed by atoms with Crippen molar-refractivity contribution >= 4 is 17.7 Å². The molecule has 5 heteroatoms. The Labute approximate surface area is 176 Å². The molecule has 5 nitrogen and oxygen atoms in total. The first kappa shape index (κ1) is 20.1. The van der Waals surface area contributed by atoms with Crippen molar-refractivity contribution in [3.63, 3.8) is 0 Å². The predicted octanol–water partition coefficient (Wildman–Crippen LogP) is 3.27. The molecule has 1 saturated heterocycles. The normalized spacial score (nSPS) is 21.6. The van der Waals surface area contributed by atoms with Gasteiger partial charge in [-0.1, -0.05) is 72.8 Å². The monoisotopic (exact) mass is 402 g/mol. The molecule has 4 rings (SSSR count). The first-order valence-corrected chi connectivity index (χ1v) is 10.5. The zero-order chi connectivity index (χ0) is 21.1. The van der Waals surface area contributed by atoms with Crippen molar-refractivity contribution in [2.24, 2.45) is 11.8 Å². The SMILES string of the molecule is C[C@@H](C(=O)NCC(c1ccccc1)c1ccccc1)N1C(=O)[C@@H]2CC=CC[C@H]2C1=O. The number of fused-ring (bicyclic) bond motifs is 1. The fraction of sp³-hybridized carbons (Fsp3) is 0.320. The number of benzene rings is 2. The number of carbonyl (C=O) groups is 3. The van der Waals surface area contributed by atoms with Gasteiger partial charge in [0, 0.05) is 12.5 Å². The fourth-order valence-electron chi connectivity index (χ4n) is 4.47. The highest BCUT2D eigenvalue weighted by Gasteiger charge is 2.50. The standard InChI is InChI=1S/C25H26N2O3/c1-17(27-24(29)20-14-8-9-15-21(20)25(27)30)23(28)26-16-22(18-10-4-2-5-11-18)19-12-6-3-7-13-19/h2-13,17,20-22H,14-16H2,1H3,(H,26,28)/t17-,20+,21+/m0/s1. The molecule has 2 aliphatic rings. The minimum Gasteiger partial charge on any atom is -0.353 e. The van der Waals surface area contributed by atoms with Crippen LogP contribution in [0.5, 0.6) is 0 Å². The second-order valence-electron chi connectivity index (χ2n) is 8.00. The summed E-state index contributed by atoms with van der Waals surface area (Å²) >= 11 is 0. The number of imide groups is 1. The Morgan fingerprint density at radius 2 is 1.37 bits per heavy atom. The maximum absolute atomic E-state index is 12.9. The van der Waals surface area contributed by atoms with Crippen LogP contribution < -0.4 is 5.32 Å². The molecule has 0 aromatic heterocycles. The number of rotatable bonds is 6. The average Bonchev–Trinajstić information content (AvgIpc) is 3.05. The molecule has 3 atom stereocenters. The molecule has 30 heavy (non-hydrogen) atoms. The smallest absolute Gasteiger partial charge is 0.243 e. The van der Waals surface area contributed by atoms with Gasteiger partial charge in [-0.2, -0.15) is 0 Å². The van der Waals surface area contributed by atoms with Crippen molar-refractivity contribution in [3.8, 4) is 0 Å². The highest BCUT2D eigenvalue weighted by atomic mass is 16.2. The third-order valence-corrected chi connectivity index (χ3v) is 6.19. The van der Waals surface area contributed by atoms with E-state index in [1.807, 2.05) is 72.8 Å². The Morgan fingerprint density at radius 1 is 0.900 bits per heavy atom. The summed E-state index contributed by atoms with van der Waals surface area (Å²) in [5.41, 5.74) is 2.20. The number of nitrogens with zero attached hydrogens (tertiary/aromatic N) is 1. The van der Waals surface area contributed by atoms with Crippen molar-refractivity contribution in [2.45, 2.75) is 31.7 Å². The van der Waals surface area contributed by atoms with Gasteiger partial charge in [-0.3, -0.25) is 19.3 Å². The van der Waals surface area contributed by atoms with Crippen molar-refractivity contribution in [3.05, 3.63) is 83.9 Å². The van der Waals surface area contributed by atoms with Gasteiger partial charge in [0.2, 0.25) is 17.7 Å². The van der Waals surface area contributed by atoms with Crippen LogP contribution >= 0.6 is 0 Å². The molecule has 0 saturated carbocycles. The molecule has 3 amide bonds. The van der Waals surface area contributed by atoms with E-state index in [0.717, 1.165) is 11.1 Å². The van der Waals surface area contributed by atoms with Crippen molar-refractivity contribution in [1.29, 1.82) is 0 Å². The topological polar surface area (TPSA) is 66.5 Å². The molecule has 0 radical (unpaired) electrons. The number of amides is 3. The van der Waals surface area contributed by atoms with E-state index in [9.17, 15) is 14.4 Å². The molecule has 1 aliphatic heterocycles. The third-order valence-electron chi connectivity index (χ3n) is 6.19. The van der Waals surface area contributed by atoms with Crippen LogP contribution in [-0.4, -0.2) is 35.2 Å². The van der Waals surface area contributed by atoms with E-state index >= 15 is 0 Å².